The summed E-state index contributed by atoms with van der Waals surface area (Å²) in [6.45, 7) is 3.83. The zero-order chi connectivity index (χ0) is 22.2. The normalized spacial score (nSPS) is 21.2. The number of carbonyl (C=O) groups excluding carboxylic acids is 1. The maximum atomic E-state index is 13.3. The minimum Gasteiger partial charge on any atom is -0.441 e. The van der Waals surface area contributed by atoms with E-state index in [9.17, 15) is 4.79 Å². The Morgan fingerprint density at radius 3 is 2.66 bits per heavy atom. The first-order valence-electron chi connectivity index (χ1n) is 11.1. The highest BCUT2D eigenvalue weighted by molar-refractivity contribution is 6.00. The van der Waals surface area contributed by atoms with E-state index in [1.54, 1.807) is 11.0 Å². The molecule has 5 rings (SSSR count). The first-order valence-corrected chi connectivity index (χ1v) is 11.1. The molecule has 0 saturated carbocycles. The average molecular weight is 429 g/mol. The van der Waals surface area contributed by atoms with Gasteiger partial charge in [-0.2, -0.15) is 0 Å². The molecule has 0 spiro atoms. The van der Waals surface area contributed by atoms with Gasteiger partial charge in [0.05, 0.1) is 5.70 Å². The zero-order valence-corrected chi connectivity index (χ0v) is 18.8. The molecule has 1 aromatic carbocycles. The number of amides is 1. The van der Waals surface area contributed by atoms with Crippen LogP contribution in [0, 0.1) is 6.92 Å². The van der Waals surface area contributed by atoms with Crippen LogP contribution in [0.4, 0.5) is 0 Å². The van der Waals surface area contributed by atoms with Crippen LogP contribution in [0.2, 0.25) is 0 Å². The lowest BCUT2D eigenvalue weighted by Gasteiger charge is -2.38. The Morgan fingerprint density at radius 2 is 1.88 bits per heavy atom. The molecule has 32 heavy (non-hydrogen) atoms. The van der Waals surface area contributed by atoms with E-state index in [1.807, 2.05) is 55.6 Å². The Balaban J connectivity index is 1.41. The Bertz CT molecular complexity index is 1200. The van der Waals surface area contributed by atoms with Gasteiger partial charge in [0, 0.05) is 44.0 Å². The van der Waals surface area contributed by atoms with Gasteiger partial charge in [0.2, 0.25) is 0 Å². The molecule has 6 nitrogen and oxygen atoms in total. The Hall–Kier alpha value is -3.38. The number of piperidine rings is 1. The molecule has 0 radical (unpaired) electrons. The molecule has 164 valence electrons. The number of nitrogens with zero attached hydrogens (tertiary/aromatic N) is 4. The zero-order valence-electron chi connectivity index (χ0n) is 18.8. The van der Waals surface area contributed by atoms with Crippen molar-refractivity contribution in [2.24, 2.45) is 0 Å². The topological polar surface area (TPSA) is 52.8 Å². The fraction of sp³-hybridized carbons (Fsp3) is 0.308. The van der Waals surface area contributed by atoms with Gasteiger partial charge >= 0.3 is 0 Å². The van der Waals surface area contributed by atoms with Gasteiger partial charge in [-0.15, -0.1) is 0 Å². The van der Waals surface area contributed by atoms with Gasteiger partial charge in [-0.25, -0.2) is 4.98 Å². The summed E-state index contributed by atoms with van der Waals surface area (Å²) < 4.78 is 5.67. The van der Waals surface area contributed by atoms with Gasteiger partial charge in [0.1, 0.15) is 5.52 Å². The van der Waals surface area contributed by atoms with Gasteiger partial charge < -0.3 is 14.2 Å². The first kappa shape index (κ1) is 20.5. The van der Waals surface area contributed by atoms with Gasteiger partial charge in [0.15, 0.2) is 11.5 Å². The van der Waals surface area contributed by atoms with Gasteiger partial charge in [-0.3, -0.25) is 9.69 Å². The monoisotopic (exact) mass is 428 g/mol. The van der Waals surface area contributed by atoms with Gasteiger partial charge in [0.25, 0.3) is 5.91 Å². The van der Waals surface area contributed by atoms with Crippen LogP contribution in [-0.2, 0) is 4.79 Å². The summed E-state index contributed by atoms with van der Waals surface area (Å²) in [5.41, 5.74) is 5.28. The van der Waals surface area contributed by atoms with E-state index >= 15 is 0 Å². The molecule has 1 amide bonds. The second-order valence-electron chi connectivity index (χ2n) is 8.74. The fourth-order valence-corrected chi connectivity index (χ4v) is 4.56. The van der Waals surface area contributed by atoms with Crippen molar-refractivity contribution in [3.63, 3.8) is 0 Å². The molecule has 0 atom stereocenters. The molecule has 1 saturated heterocycles. The number of likely N-dealkylation sites (tertiary alicyclic amines) is 1. The molecule has 1 fully saturated rings. The van der Waals surface area contributed by atoms with E-state index in [2.05, 4.69) is 35.0 Å². The number of hydrogen-bond donors (Lipinski definition) is 0. The fourth-order valence-electron chi connectivity index (χ4n) is 4.56. The summed E-state index contributed by atoms with van der Waals surface area (Å²) in [7, 11) is 4.30. The number of allylic oxidation sites excluding steroid dienone is 6. The molecular formula is C26H28N4O2. The van der Waals surface area contributed by atoms with Gasteiger partial charge in [-0.05, 0) is 68.4 Å². The van der Waals surface area contributed by atoms with E-state index in [1.165, 1.54) is 0 Å². The van der Waals surface area contributed by atoms with Crippen molar-refractivity contribution in [1.82, 2.24) is 19.7 Å². The number of fused-ring (bicyclic) bond motifs is 2. The summed E-state index contributed by atoms with van der Waals surface area (Å²) in [5, 5.41) is 0. The van der Waals surface area contributed by atoms with E-state index in [4.69, 9.17) is 4.42 Å². The summed E-state index contributed by atoms with van der Waals surface area (Å²) >= 11 is 0. The number of oxazole rings is 1. The average Bonchev–Trinajstić information content (AvgIpc) is 3.16. The van der Waals surface area contributed by atoms with Crippen LogP contribution >= 0.6 is 0 Å². The maximum absolute atomic E-state index is 13.3. The molecule has 0 N–H and O–H groups in total. The molecule has 4 heterocycles. The summed E-state index contributed by atoms with van der Waals surface area (Å²) in [5.74, 6) is 0.574. The second kappa shape index (κ2) is 8.28. The molecule has 3 aliphatic heterocycles. The highest BCUT2D eigenvalue weighted by atomic mass is 16.3. The van der Waals surface area contributed by atoms with Crippen LogP contribution in [0.3, 0.4) is 0 Å². The minimum atomic E-state index is -0.0607. The Kier molecular flexibility index (Phi) is 5.31. The van der Waals surface area contributed by atoms with Crippen molar-refractivity contribution < 1.29 is 9.21 Å². The van der Waals surface area contributed by atoms with E-state index in [0.717, 1.165) is 59.6 Å². The second-order valence-corrected chi connectivity index (χ2v) is 8.74. The SMILES string of the molecule is Cc1nc2ccc(C3=CC(=O)N4C=C(N5CCC(N(C)C)CC5)C=C/C4=C\C=C3)cc2o1. The van der Waals surface area contributed by atoms with Crippen LogP contribution in [0.5, 0.6) is 0 Å². The molecule has 6 heteroatoms. The molecule has 0 unspecified atom stereocenters. The lowest BCUT2D eigenvalue weighted by molar-refractivity contribution is -0.122. The third-order valence-electron chi connectivity index (χ3n) is 6.41. The van der Waals surface area contributed by atoms with Crippen molar-refractivity contribution in [2.45, 2.75) is 25.8 Å². The number of aromatic nitrogens is 1. The Labute approximate surface area is 188 Å². The van der Waals surface area contributed by atoms with E-state index < -0.39 is 0 Å². The Morgan fingerprint density at radius 1 is 1.09 bits per heavy atom. The predicted octanol–water partition coefficient (Wildman–Crippen LogP) is 4.24. The number of rotatable bonds is 3. The van der Waals surface area contributed by atoms with Gasteiger partial charge in [-0.1, -0.05) is 18.2 Å². The lowest BCUT2D eigenvalue weighted by Crippen LogP contribution is -2.42. The molecule has 2 aromatic rings. The third-order valence-corrected chi connectivity index (χ3v) is 6.41. The van der Waals surface area contributed by atoms with Crippen molar-refractivity contribution >= 4 is 22.6 Å². The van der Waals surface area contributed by atoms with Crippen LogP contribution < -0.4 is 0 Å². The number of carbonyl (C=O) groups is 1. The van der Waals surface area contributed by atoms with Crippen molar-refractivity contribution in [1.29, 1.82) is 0 Å². The van der Waals surface area contributed by atoms with E-state index in [0.29, 0.717) is 11.9 Å². The van der Waals surface area contributed by atoms with Crippen molar-refractivity contribution in [3.8, 4) is 0 Å². The summed E-state index contributed by atoms with van der Waals surface area (Å²) in [4.78, 5) is 24.0. The molecular weight excluding hydrogens is 400 g/mol. The molecule has 3 aliphatic rings. The van der Waals surface area contributed by atoms with Crippen LogP contribution in [0.15, 0.2) is 76.7 Å². The number of aryl methyl sites for hydroxylation is 1. The van der Waals surface area contributed by atoms with E-state index in [-0.39, 0.29) is 5.91 Å². The molecule has 1 aromatic heterocycles. The minimum absolute atomic E-state index is 0.0607. The summed E-state index contributed by atoms with van der Waals surface area (Å²) in [6, 6.07) is 6.47. The molecule has 0 aliphatic carbocycles. The predicted molar refractivity (Wildman–Crippen MR) is 126 cm³/mol. The van der Waals surface area contributed by atoms with Crippen LogP contribution in [0.25, 0.3) is 16.7 Å². The maximum Gasteiger partial charge on any atom is 0.255 e. The first-order chi connectivity index (χ1) is 15.5. The highest BCUT2D eigenvalue weighted by Gasteiger charge is 2.25. The quantitative estimate of drug-likeness (QED) is 0.732. The lowest BCUT2D eigenvalue weighted by atomic mass is 10.0. The summed E-state index contributed by atoms with van der Waals surface area (Å²) in [6.07, 6.45) is 16.0. The highest BCUT2D eigenvalue weighted by Crippen LogP contribution is 2.28. The van der Waals surface area contributed by atoms with Crippen molar-refractivity contribution in [2.75, 3.05) is 27.2 Å². The standard InChI is InChI=1S/C26H28N4O2/c1-18-27-24-10-7-20(15-25(24)32-18)19-5-4-6-22-8-9-23(17-30(22)26(31)16-19)29-13-11-21(12-14-29)28(2)3/h4-10,15-17,21H,11-14H2,1-3H3/b5-4?,19-16?,22-6+. The number of hydrogen-bond acceptors (Lipinski definition) is 5. The third kappa shape index (κ3) is 3.94. The largest absolute Gasteiger partial charge is 0.441 e. The van der Waals surface area contributed by atoms with Crippen LogP contribution in [-0.4, -0.2) is 58.8 Å². The number of benzene rings is 1. The molecule has 0 bridgehead atoms. The van der Waals surface area contributed by atoms with Crippen LogP contribution in [0.1, 0.15) is 24.3 Å². The smallest absolute Gasteiger partial charge is 0.255 e. The van der Waals surface area contributed by atoms with Crippen molar-refractivity contribution in [3.05, 3.63) is 83.7 Å².